The van der Waals surface area contributed by atoms with Gasteiger partial charge in [-0.05, 0) is 26.0 Å². The summed E-state index contributed by atoms with van der Waals surface area (Å²) in [6, 6.07) is 2.30. The molecule has 22 heavy (non-hydrogen) atoms. The number of nitrogens with zero attached hydrogens (tertiary/aromatic N) is 1. The molecule has 122 valence electrons. The van der Waals surface area contributed by atoms with Crippen LogP contribution in [0.15, 0.2) is 12.1 Å². The predicted octanol–water partition coefficient (Wildman–Crippen LogP) is 1.90. The van der Waals surface area contributed by atoms with Gasteiger partial charge in [-0.2, -0.15) is 5.06 Å². The lowest BCUT2D eigenvalue weighted by Crippen LogP contribution is -2.26. The van der Waals surface area contributed by atoms with Crippen molar-refractivity contribution in [2.75, 3.05) is 32.2 Å². The van der Waals surface area contributed by atoms with Gasteiger partial charge in [-0.3, -0.25) is 9.63 Å². The molecule has 0 unspecified atom stereocenters. The zero-order valence-corrected chi connectivity index (χ0v) is 12.6. The molecule has 0 aromatic heterocycles. The van der Waals surface area contributed by atoms with Crippen LogP contribution in [0.2, 0.25) is 0 Å². The predicted molar refractivity (Wildman–Crippen MR) is 75.0 cm³/mol. The second kappa shape index (κ2) is 8.96. The summed E-state index contributed by atoms with van der Waals surface area (Å²) in [7, 11) is 1.40. The number of anilines is 1. The summed E-state index contributed by atoms with van der Waals surface area (Å²) in [4.78, 5) is 28.3. The van der Waals surface area contributed by atoms with Crippen molar-refractivity contribution >= 4 is 18.1 Å². The molecule has 0 N–H and O–H groups in total. The van der Waals surface area contributed by atoms with Gasteiger partial charge in [-0.15, -0.1) is 0 Å². The number of carbonyl (C=O) groups excluding carboxylic acids is 2. The standard InChI is InChI=1S/C14H18FNO6/c1-4-20-14(18)12-11(21-9-19-3)7-6-10(15)13(12)16(8-17)22-5-2/h6-8H,4-5,9H2,1-3H3. The summed E-state index contributed by atoms with van der Waals surface area (Å²) in [5.74, 6) is -1.65. The van der Waals surface area contributed by atoms with E-state index in [1.54, 1.807) is 13.8 Å². The summed E-state index contributed by atoms with van der Waals surface area (Å²) < 4.78 is 29.0. The SMILES string of the molecule is CCOC(=O)c1c(OCOC)ccc(F)c1N(C=O)OCC. The Balaban J connectivity index is 3.42. The van der Waals surface area contributed by atoms with E-state index in [0.717, 1.165) is 6.07 Å². The summed E-state index contributed by atoms with van der Waals surface area (Å²) in [6.07, 6.45) is 0.255. The summed E-state index contributed by atoms with van der Waals surface area (Å²) in [5.41, 5.74) is -0.622. The first-order valence-corrected chi connectivity index (χ1v) is 6.59. The lowest BCUT2D eigenvalue weighted by molar-refractivity contribution is -0.113. The minimum atomic E-state index is -0.838. The second-order valence-corrected chi connectivity index (χ2v) is 3.89. The number of rotatable bonds is 9. The van der Waals surface area contributed by atoms with E-state index >= 15 is 0 Å². The van der Waals surface area contributed by atoms with Crippen LogP contribution < -0.4 is 9.80 Å². The molecule has 0 saturated carbocycles. The van der Waals surface area contributed by atoms with E-state index in [0.29, 0.717) is 5.06 Å². The van der Waals surface area contributed by atoms with Gasteiger partial charge in [-0.1, -0.05) is 0 Å². The van der Waals surface area contributed by atoms with Crippen molar-refractivity contribution in [1.82, 2.24) is 0 Å². The summed E-state index contributed by atoms with van der Waals surface area (Å²) in [5, 5.41) is 0.626. The molecule has 0 atom stereocenters. The van der Waals surface area contributed by atoms with Crippen LogP contribution in [0.4, 0.5) is 10.1 Å². The third kappa shape index (κ3) is 4.15. The quantitative estimate of drug-likeness (QED) is 0.300. The lowest BCUT2D eigenvalue weighted by atomic mass is 10.1. The number of hydrogen-bond acceptors (Lipinski definition) is 6. The Morgan fingerprint density at radius 1 is 1.32 bits per heavy atom. The molecule has 0 heterocycles. The van der Waals surface area contributed by atoms with Crippen LogP contribution in [-0.4, -0.2) is 39.5 Å². The molecular weight excluding hydrogens is 297 g/mol. The molecule has 0 saturated heterocycles. The van der Waals surface area contributed by atoms with Crippen molar-refractivity contribution in [3.8, 4) is 5.75 Å². The minimum absolute atomic E-state index is 0.0169. The van der Waals surface area contributed by atoms with Gasteiger partial charge in [0, 0.05) is 7.11 Å². The highest BCUT2D eigenvalue weighted by atomic mass is 19.1. The Morgan fingerprint density at radius 3 is 2.59 bits per heavy atom. The Kier molecular flexibility index (Phi) is 7.27. The van der Waals surface area contributed by atoms with E-state index in [-0.39, 0.29) is 43.4 Å². The maximum Gasteiger partial charge on any atom is 0.344 e. The maximum atomic E-state index is 14.1. The van der Waals surface area contributed by atoms with E-state index in [1.165, 1.54) is 13.2 Å². The van der Waals surface area contributed by atoms with E-state index < -0.39 is 11.8 Å². The van der Waals surface area contributed by atoms with Crippen LogP contribution in [0.5, 0.6) is 5.75 Å². The molecule has 0 bridgehead atoms. The van der Waals surface area contributed by atoms with Gasteiger partial charge in [0.1, 0.15) is 17.0 Å². The van der Waals surface area contributed by atoms with E-state index in [1.807, 2.05) is 0 Å². The fourth-order valence-corrected chi connectivity index (χ4v) is 1.69. The molecule has 1 aromatic carbocycles. The van der Waals surface area contributed by atoms with Crippen LogP contribution in [0.1, 0.15) is 24.2 Å². The fourth-order valence-electron chi connectivity index (χ4n) is 1.69. The van der Waals surface area contributed by atoms with E-state index in [9.17, 15) is 14.0 Å². The monoisotopic (exact) mass is 315 g/mol. The number of halogens is 1. The van der Waals surface area contributed by atoms with Gasteiger partial charge in [-0.25, -0.2) is 9.18 Å². The van der Waals surface area contributed by atoms with Gasteiger partial charge in [0.15, 0.2) is 12.6 Å². The molecule has 1 rings (SSSR count). The first-order valence-electron chi connectivity index (χ1n) is 6.59. The van der Waals surface area contributed by atoms with Crippen molar-refractivity contribution in [3.05, 3.63) is 23.5 Å². The molecule has 0 aliphatic rings. The van der Waals surface area contributed by atoms with Crippen LogP contribution in [-0.2, 0) is 19.1 Å². The molecule has 1 aromatic rings. The average Bonchev–Trinajstić information content (AvgIpc) is 2.51. The molecule has 8 heteroatoms. The van der Waals surface area contributed by atoms with E-state index in [4.69, 9.17) is 19.0 Å². The summed E-state index contributed by atoms with van der Waals surface area (Å²) in [6.45, 7) is 3.24. The largest absolute Gasteiger partial charge is 0.467 e. The zero-order valence-electron chi connectivity index (χ0n) is 12.6. The van der Waals surface area contributed by atoms with Gasteiger partial charge in [0.25, 0.3) is 0 Å². The first kappa shape index (κ1) is 17.9. The number of methoxy groups -OCH3 is 1. The normalized spacial score (nSPS) is 10.2. The number of benzene rings is 1. The van der Waals surface area contributed by atoms with Gasteiger partial charge >= 0.3 is 5.97 Å². The van der Waals surface area contributed by atoms with Crippen molar-refractivity contribution in [2.24, 2.45) is 0 Å². The van der Waals surface area contributed by atoms with Crippen molar-refractivity contribution in [2.45, 2.75) is 13.8 Å². The zero-order chi connectivity index (χ0) is 16.5. The number of hydroxylamine groups is 1. The number of carbonyl (C=O) groups is 2. The topological polar surface area (TPSA) is 74.3 Å². The van der Waals surface area contributed by atoms with Crippen LogP contribution in [0.25, 0.3) is 0 Å². The van der Waals surface area contributed by atoms with E-state index in [2.05, 4.69) is 0 Å². The first-order chi connectivity index (χ1) is 10.6. The number of esters is 1. The van der Waals surface area contributed by atoms with Gasteiger partial charge in [0.05, 0.1) is 13.2 Å². The highest BCUT2D eigenvalue weighted by molar-refractivity contribution is 6.00. The number of hydrogen-bond donors (Lipinski definition) is 0. The molecular formula is C14H18FNO6. The van der Waals surface area contributed by atoms with Crippen molar-refractivity contribution in [1.29, 1.82) is 0 Å². The van der Waals surface area contributed by atoms with Gasteiger partial charge < -0.3 is 14.2 Å². The number of amides is 1. The molecule has 0 fully saturated rings. The third-order valence-corrected chi connectivity index (χ3v) is 2.49. The smallest absolute Gasteiger partial charge is 0.344 e. The molecule has 7 nitrogen and oxygen atoms in total. The van der Waals surface area contributed by atoms with Crippen LogP contribution in [0, 0.1) is 5.82 Å². The molecule has 0 spiro atoms. The molecule has 0 aliphatic carbocycles. The maximum absolute atomic E-state index is 14.1. The van der Waals surface area contributed by atoms with Gasteiger partial charge in [0.2, 0.25) is 6.41 Å². The Morgan fingerprint density at radius 2 is 2.05 bits per heavy atom. The average molecular weight is 315 g/mol. The minimum Gasteiger partial charge on any atom is -0.467 e. The second-order valence-electron chi connectivity index (χ2n) is 3.89. The molecule has 1 amide bonds. The van der Waals surface area contributed by atoms with Crippen molar-refractivity contribution in [3.63, 3.8) is 0 Å². The highest BCUT2D eigenvalue weighted by Crippen LogP contribution is 2.33. The Labute approximate surface area is 127 Å². The molecule has 0 aliphatic heterocycles. The third-order valence-electron chi connectivity index (χ3n) is 2.49. The lowest BCUT2D eigenvalue weighted by Gasteiger charge is -2.21. The van der Waals surface area contributed by atoms with Crippen LogP contribution >= 0.6 is 0 Å². The number of ether oxygens (including phenoxy) is 3. The Hall–Kier alpha value is -2.19. The highest BCUT2D eigenvalue weighted by Gasteiger charge is 2.27. The summed E-state index contributed by atoms with van der Waals surface area (Å²) >= 11 is 0. The molecule has 0 radical (unpaired) electrons. The van der Waals surface area contributed by atoms with Crippen molar-refractivity contribution < 1.29 is 33.0 Å². The van der Waals surface area contributed by atoms with Crippen LogP contribution in [0.3, 0.4) is 0 Å². The fraction of sp³-hybridized carbons (Fsp3) is 0.429. The Bertz CT molecular complexity index is 522.